The summed E-state index contributed by atoms with van der Waals surface area (Å²) in [7, 11) is 0. The van der Waals surface area contributed by atoms with Gasteiger partial charge in [0.05, 0.1) is 0 Å². The Balaban J connectivity index is 2.15. The lowest BCUT2D eigenvalue weighted by molar-refractivity contribution is -0.135. The molecule has 0 aromatic heterocycles. The first-order valence-electron chi connectivity index (χ1n) is 8.01. The van der Waals surface area contributed by atoms with Crippen molar-refractivity contribution in [3.05, 3.63) is 34.3 Å². The fourth-order valence-corrected chi connectivity index (χ4v) is 3.14. The Kier molecular flexibility index (Phi) is 5.64. The Morgan fingerprint density at radius 3 is 2.58 bits per heavy atom. The number of benzene rings is 1. The zero-order chi connectivity index (χ0) is 17.9. The van der Waals surface area contributed by atoms with E-state index in [-0.39, 0.29) is 18.5 Å². The highest BCUT2D eigenvalue weighted by Gasteiger charge is 2.49. The molecule has 0 bridgehead atoms. The minimum absolute atomic E-state index is 0.0507. The molecule has 2 rings (SSSR count). The molecule has 0 aliphatic carbocycles. The maximum absolute atomic E-state index is 12.8. The summed E-state index contributed by atoms with van der Waals surface area (Å²) in [5.74, 6) is -0.754. The molecule has 0 radical (unpaired) electrons. The Morgan fingerprint density at radius 1 is 1.33 bits per heavy atom. The molecule has 1 fully saturated rings. The van der Waals surface area contributed by atoms with Crippen LogP contribution in [0.1, 0.15) is 39.2 Å². The molecule has 1 saturated heterocycles. The fourth-order valence-electron chi connectivity index (χ4n) is 2.75. The van der Waals surface area contributed by atoms with Crippen molar-refractivity contribution in [2.24, 2.45) is 0 Å². The van der Waals surface area contributed by atoms with Gasteiger partial charge in [0.2, 0.25) is 5.91 Å². The van der Waals surface area contributed by atoms with Crippen molar-refractivity contribution in [1.82, 2.24) is 15.5 Å². The van der Waals surface area contributed by atoms with E-state index in [1.165, 1.54) is 0 Å². The lowest BCUT2D eigenvalue weighted by Crippen LogP contribution is -2.45. The highest BCUT2D eigenvalue weighted by molar-refractivity contribution is 9.10. The Hall–Kier alpha value is -1.89. The number of imide groups is 1. The quantitative estimate of drug-likeness (QED) is 0.726. The summed E-state index contributed by atoms with van der Waals surface area (Å²) in [4.78, 5) is 38.1. The number of nitrogens with one attached hydrogen (secondary N) is 2. The number of amides is 4. The van der Waals surface area contributed by atoms with Crippen molar-refractivity contribution < 1.29 is 14.4 Å². The number of urea groups is 1. The van der Waals surface area contributed by atoms with Crippen molar-refractivity contribution in [2.75, 3.05) is 6.54 Å². The van der Waals surface area contributed by atoms with E-state index in [9.17, 15) is 14.4 Å². The standard InChI is InChI=1S/C17H22BrN3O3/c1-4-13(5-2)19-14(22)10-21-15(23)17(3,20-16(21)24)11-7-6-8-12(18)9-11/h6-9,13H,4-5,10H2,1-3H3,(H,19,22)(H,20,24)/t17-/m0/s1. The van der Waals surface area contributed by atoms with Crippen LogP contribution in [-0.4, -0.2) is 35.3 Å². The normalized spacial score (nSPS) is 20.5. The smallest absolute Gasteiger partial charge is 0.325 e. The van der Waals surface area contributed by atoms with E-state index in [4.69, 9.17) is 0 Å². The van der Waals surface area contributed by atoms with Gasteiger partial charge < -0.3 is 10.6 Å². The molecule has 0 unspecified atom stereocenters. The first-order chi connectivity index (χ1) is 11.3. The molecule has 4 amide bonds. The molecule has 1 aliphatic heterocycles. The number of carbonyl (C=O) groups excluding carboxylic acids is 3. The van der Waals surface area contributed by atoms with Gasteiger partial charge in [-0.05, 0) is 37.5 Å². The summed E-state index contributed by atoms with van der Waals surface area (Å²) in [6.07, 6.45) is 1.61. The molecule has 1 aromatic carbocycles. The van der Waals surface area contributed by atoms with Gasteiger partial charge in [-0.2, -0.15) is 0 Å². The first kappa shape index (κ1) is 18.4. The van der Waals surface area contributed by atoms with Crippen LogP contribution < -0.4 is 10.6 Å². The lowest BCUT2D eigenvalue weighted by Gasteiger charge is -2.22. The predicted molar refractivity (Wildman–Crippen MR) is 94.3 cm³/mol. The van der Waals surface area contributed by atoms with Crippen LogP contribution >= 0.6 is 15.9 Å². The second kappa shape index (κ2) is 7.34. The predicted octanol–water partition coefficient (Wildman–Crippen LogP) is 2.52. The van der Waals surface area contributed by atoms with Crippen LogP contribution in [0.2, 0.25) is 0 Å². The largest absolute Gasteiger partial charge is 0.352 e. The molecular weight excluding hydrogens is 374 g/mol. The molecule has 0 spiro atoms. The SMILES string of the molecule is CCC(CC)NC(=O)CN1C(=O)N[C@@](C)(c2cccc(Br)c2)C1=O. The van der Waals surface area contributed by atoms with Gasteiger partial charge in [-0.1, -0.05) is 41.9 Å². The van der Waals surface area contributed by atoms with E-state index in [1.54, 1.807) is 25.1 Å². The summed E-state index contributed by atoms with van der Waals surface area (Å²) < 4.78 is 0.813. The van der Waals surface area contributed by atoms with Crippen LogP contribution in [0, 0.1) is 0 Å². The van der Waals surface area contributed by atoms with E-state index >= 15 is 0 Å². The second-order valence-corrected chi connectivity index (χ2v) is 6.95. The summed E-state index contributed by atoms with van der Waals surface area (Å²) in [5, 5.41) is 5.54. The van der Waals surface area contributed by atoms with Gasteiger partial charge in [-0.3, -0.25) is 14.5 Å². The molecule has 2 N–H and O–H groups in total. The van der Waals surface area contributed by atoms with Gasteiger partial charge in [0, 0.05) is 10.5 Å². The van der Waals surface area contributed by atoms with Crippen molar-refractivity contribution in [3.8, 4) is 0 Å². The zero-order valence-electron chi connectivity index (χ0n) is 14.1. The van der Waals surface area contributed by atoms with Crippen LogP contribution in [0.3, 0.4) is 0 Å². The highest BCUT2D eigenvalue weighted by atomic mass is 79.9. The van der Waals surface area contributed by atoms with Crippen LogP contribution in [0.25, 0.3) is 0 Å². The van der Waals surface area contributed by atoms with Crippen LogP contribution in [0.4, 0.5) is 4.79 Å². The van der Waals surface area contributed by atoms with Gasteiger partial charge in [0.1, 0.15) is 12.1 Å². The average Bonchev–Trinajstić information content (AvgIpc) is 2.77. The van der Waals surface area contributed by atoms with E-state index in [2.05, 4.69) is 26.6 Å². The molecule has 24 heavy (non-hydrogen) atoms. The number of nitrogens with zero attached hydrogens (tertiary/aromatic N) is 1. The topological polar surface area (TPSA) is 78.5 Å². The number of rotatable bonds is 6. The third-order valence-electron chi connectivity index (χ3n) is 4.33. The molecule has 1 heterocycles. The van der Waals surface area contributed by atoms with Gasteiger partial charge in [-0.25, -0.2) is 4.79 Å². The molecule has 1 atom stereocenters. The van der Waals surface area contributed by atoms with Gasteiger partial charge in [0.15, 0.2) is 0 Å². The summed E-state index contributed by atoms with van der Waals surface area (Å²) in [5.41, 5.74) is -0.506. The Labute approximate surface area is 150 Å². The number of carbonyl (C=O) groups is 3. The van der Waals surface area contributed by atoms with Crippen LogP contribution in [-0.2, 0) is 15.1 Å². The highest BCUT2D eigenvalue weighted by Crippen LogP contribution is 2.30. The number of hydrogen-bond acceptors (Lipinski definition) is 3. The van der Waals surface area contributed by atoms with Crippen molar-refractivity contribution >= 4 is 33.8 Å². The molecule has 6 nitrogen and oxygen atoms in total. The fraction of sp³-hybridized carbons (Fsp3) is 0.471. The van der Waals surface area contributed by atoms with E-state index in [0.717, 1.165) is 22.2 Å². The summed E-state index contributed by atoms with van der Waals surface area (Å²) >= 11 is 3.37. The molecule has 7 heteroatoms. The monoisotopic (exact) mass is 395 g/mol. The molecule has 1 aromatic rings. The average molecular weight is 396 g/mol. The Bertz CT molecular complexity index is 660. The van der Waals surface area contributed by atoms with E-state index < -0.39 is 17.5 Å². The Morgan fingerprint density at radius 2 is 2.00 bits per heavy atom. The minimum Gasteiger partial charge on any atom is -0.352 e. The van der Waals surface area contributed by atoms with Crippen molar-refractivity contribution in [3.63, 3.8) is 0 Å². The van der Waals surface area contributed by atoms with Crippen LogP contribution in [0.15, 0.2) is 28.7 Å². The lowest BCUT2D eigenvalue weighted by atomic mass is 9.92. The molecule has 0 saturated carbocycles. The van der Waals surface area contributed by atoms with Crippen LogP contribution in [0.5, 0.6) is 0 Å². The molecule has 130 valence electrons. The van der Waals surface area contributed by atoms with Crippen molar-refractivity contribution in [1.29, 1.82) is 0 Å². The third-order valence-corrected chi connectivity index (χ3v) is 4.82. The number of hydrogen-bond donors (Lipinski definition) is 2. The van der Waals surface area contributed by atoms with Crippen molar-refractivity contribution in [2.45, 2.75) is 45.2 Å². The zero-order valence-corrected chi connectivity index (χ0v) is 15.6. The number of halogens is 1. The third kappa shape index (κ3) is 3.61. The summed E-state index contributed by atoms with van der Waals surface area (Å²) in [6.45, 7) is 5.33. The van der Waals surface area contributed by atoms with E-state index in [1.807, 2.05) is 19.9 Å². The maximum atomic E-state index is 12.8. The second-order valence-electron chi connectivity index (χ2n) is 6.04. The molecule has 1 aliphatic rings. The van der Waals surface area contributed by atoms with Gasteiger partial charge in [-0.15, -0.1) is 0 Å². The van der Waals surface area contributed by atoms with E-state index in [0.29, 0.717) is 5.56 Å². The minimum atomic E-state index is -1.17. The maximum Gasteiger partial charge on any atom is 0.325 e. The first-order valence-corrected chi connectivity index (χ1v) is 8.80. The van der Waals surface area contributed by atoms with Gasteiger partial charge in [0.25, 0.3) is 5.91 Å². The van der Waals surface area contributed by atoms with Gasteiger partial charge >= 0.3 is 6.03 Å². The summed E-state index contributed by atoms with van der Waals surface area (Å²) in [6, 6.07) is 6.70. The molecular formula is C17H22BrN3O3.